The van der Waals surface area contributed by atoms with Gasteiger partial charge in [-0.3, -0.25) is 0 Å². The minimum atomic E-state index is -0.668. The maximum Gasteiger partial charge on any atom is 0.161 e. The average Bonchev–Trinajstić information content (AvgIpc) is 2.65. The number of hydrogen-bond donors (Lipinski definition) is 3. The molecule has 0 bridgehead atoms. The molecule has 0 saturated heterocycles. The molecule has 0 spiro atoms. The van der Waals surface area contributed by atoms with E-state index in [1.807, 2.05) is 51.1 Å². The lowest BCUT2D eigenvalue weighted by atomic mass is 10.1. The van der Waals surface area contributed by atoms with Crippen molar-refractivity contribution in [2.45, 2.75) is 51.9 Å². The lowest BCUT2D eigenvalue weighted by molar-refractivity contribution is 0.119. The summed E-state index contributed by atoms with van der Waals surface area (Å²) in [7, 11) is 0. The van der Waals surface area contributed by atoms with Crippen LogP contribution in [-0.2, 0) is 6.42 Å². The first-order valence-corrected chi connectivity index (χ1v) is 9.80. The molecule has 2 aromatic rings. The summed E-state index contributed by atoms with van der Waals surface area (Å²) in [6, 6.07) is 16.0. The van der Waals surface area contributed by atoms with E-state index in [4.69, 9.17) is 14.6 Å². The first-order chi connectivity index (χ1) is 13.3. The summed E-state index contributed by atoms with van der Waals surface area (Å²) < 4.78 is 11.5. The van der Waals surface area contributed by atoms with Crippen LogP contribution >= 0.6 is 0 Å². The number of rotatable bonds is 10. The zero-order chi connectivity index (χ0) is 20.6. The van der Waals surface area contributed by atoms with E-state index < -0.39 is 6.10 Å². The SMILES string of the molecule is C[C@H](Cc1ccccc1)NC[C@H](O)c1ccc(OC(C)(C)C)c(OCCO)c1. The molecule has 0 radical (unpaired) electrons. The van der Waals surface area contributed by atoms with Gasteiger partial charge in [-0.05, 0) is 57.4 Å². The summed E-state index contributed by atoms with van der Waals surface area (Å²) in [6.45, 7) is 8.52. The van der Waals surface area contributed by atoms with Crippen LogP contribution in [-0.4, -0.2) is 41.6 Å². The fraction of sp³-hybridized carbons (Fsp3) is 0.478. The molecule has 3 N–H and O–H groups in total. The standard InChI is InChI=1S/C23H33NO4/c1-17(14-18-8-6-5-7-9-18)24-16-20(26)19-10-11-21(28-23(2,3)4)22(15-19)27-13-12-25/h5-11,15,17,20,24-26H,12-14,16H2,1-4H3/t17-,20+/m1/s1. The van der Waals surface area contributed by atoms with E-state index in [2.05, 4.69) is 24.4 Å². The average molecular weight is 388 g/mol. The van der Waals surface area contributed by atoms with Crippen LogP contribution in [0.25, 0.3) is 0 Å². The number of aliphatic hydroxyl groups excluding tert-OH is 2. The van der Waals surface area contributed by atoms with Crippen LogP contribution in [0.5, 0.6) is 11.5 Å². The second-order valence-electron chi connectivity index (χ2n) is 8.01. The van der Waals surface area contributed by atoms with Gasteiger partial charge >= 0.3 is 0 Å². The van der Waals surface area contributed by atoms with Crippen LogP contribution in [0.1, 0.15) is 44.9 Å². The Balaban J connectivity index is 2.00. The van der Waals surface area contributed by atoms with Gasteiger partial charge in [0.2, 0.25) is 0 Å². The quantitative estimate of drug-likeness (QED) is 0.582. The molecule has 5 heteroatoms. The summed E-state index contributed by atoms with van der Waals surface area (Å²) in [5.41, 5.74) is 1.64. The monoisotopic (exact) mass is 387 g/mol. The fourth-order valence-electron chi connectivity index (χ4n) is 2.88. The second kappa shape index (κ2) is 10.5. The highest BCUT2D eigenvalue weighted by molar-refractivity contribution is 5.44. The first-order valence-electron chi connectivity index (χ1n) is 9.80. The first kappa shape index (κ1) is 22.2. The van der Waals surface area contributed by atoms with Gasteiger partial charge in [0, 0.05) is 12.6 Å². The molecule has 0 heterocycles. The van der Waals surface area contributed by atoms with Crippen LogP contribution in [0.2, 0.25) is 0 Å². The highest BCUT2D eigenvalue weighted by Gasteiger charge is 2.18. The Morgan fingerprint density at radius 2 is 1.75 bits per heavy atom. The van der Waals surface area contributed by atoms with Gasteiger partial charge in [-0.25, -0.2) is 0 Å². The van der Waals surface area contributed by atoms with Crippen molar-refractivity contribution in [2.24, 2.45) is 0 Å². The van der Waals surface area contributed by atoms with Gasteiger partial charge < -0.3 is 25.0 Å². The Hall–Kier alpha value is -2.08. The molecule has 0 fully saturated rings. The highest BCUT2D eigenvalue weighted by atomic mass is 16.5. The van der Waals surface area contributed by atoms with Crippen molar-refractivity contribution in [1.29, 1.82) is 0 Å². The van der Waals surface area contributed by atoms with Crippen molar-refractivity contribution in [3.8, 4) is 11.5 Å². The van der Waals surface area contributed by atoms with Crippen molar-refractivity contribution in [1.82, 2.24) is 5.32 Å². The Kier molecular flexibility index (Phi) is 8.30. The van der Waals surface area contributed by atoms with Crippen molar-refractivity contribution < 1.29 is 19.7 Å². The van der Waals surface area contributed by atoms with E-state index in [1.54, 1.807) is 6.07 Å². The van der Waals surface area contributed by atoms with Gasteiger partial charge in [-0.1, -0.05) is 36.4 Å². The number of benzene rings is 2. The molecule has 0 amide bonds. The Labute approximate surface area is 168 Å². The number of hydrogen-bond acceptors (Lipinski definition) is 5. The molecule has 2 atom stereocenters. The van der Waals surface area contributed by atoms with Crippen molar-refractivity contribution >= 4 is 0 Å². The number of ether oxygens (including phenoxy) is 2. The van der Waals surface area contributed by atoms with E-state index in [1.165, 1.54) is 5.56 Å². The second-order valence-corrected chi connectivity index (χ2v) is 8.01. The molecule has 0 aliphatic heterocycles. The molecule has 28 heavy (non-hydrogen) atoms. The van der Waals surface area contributed by atoms with Crippen molar-refractivity contribution in [3.63, 3.8) is 0 Å². The third kappa shape index (κ3) is 7.50. The smallest absolute Gasteiger partial charge is 0.161 e. The summed E-state index contributed by atoms with van der Waals surface area (Å²) in [5.74, 6) is 1.13. The third-order valence-electron chi connectivity index (χ3n) is 4.16. The molecular formula is C23H33NO4. The zero-order valence-electron chi connectivity index (χ0n) is 17.3. The molecule has 0 aromatic heterocycles. The topological polar surface area (TPSA) is 71.0 Å². The molecule has 5 nitrogen and oxygen atoms in total. The van der Waals surface area contributed by atoms with Crippen LogP contribution in [0.15, 0.2) is 48.5 Å². The summed E-state index contributed by atoms with van der Waals surface area (Å²) in [6.07, 6.45) is 0.231. The predicted molar refractivity (Wildman–Crippen MR) is 112 cm³/mol. The molecule has 0 unspecified atom stereocenters. The van der Waals surface area contributed by atoms with Crippen LogP contribution < -0.4 is 14.8 Å². The number of aliphatic hydroxyl groups is 2. The Bertz CT molecular complexity index is 712. The maximum atomic E-state index is 10.6. The predicted octanol–water partition coefficient (Wildman–Crippen LogP) is 3.49. The molecular weight excluding hydrogens is 354 g/mol. The zero-order valence-corrected chi connectivity index (χ0v) is 17.3. The van der Waals surface area contributed by atoms with Crippen LogP contribution in [0.3, 0.4) is 0 Å². The minimum Gasteiger partial charge on any atom is -0.487 e. The Morgan fingerprint density at radius 3 is 2.39 bits per heavy atom. The molecule has 154 valence electrons. The summed E-state index contributed by atoms with van der Waals surface area (Å²) >= 11 is 0. The molecule has 2 rings (SSSR count). The van der Waals surface area contributed by atoms with Gasteiger partial charge in [-0.15, -0.1) is 0 Å². The van der Waals surface area contributed by atoms with Gasteiger partial charge in [0.05, 0.1) is 12.7 Å². The summed E-state index contributed by atoms with van der Waals surface area (Å²) in [4.78, 5) is 0. The normalized spacial score (nSPS) is 13.8. The van der Waals surface area contributed by atoms with Crippen molar-refractivity contribution in [3.05, 3.63) is 59.7 Å². The van der Waals surface area contributed by atoms with Gasteiger partial charge in [0.25, 0.3) is 0 Å². The van der Waals surface area contributed by atoms with Gasteiger partial charge in [0.15, 0.2) is 11.5 Å². The third-order valence-corrected chi connectivity index (χ3v) is 4.16. The molecule has 2 aromatic carbocycles. The van der Waals surface area contributed by atoms with Crippen LogP contribution in [0.4, 0.5) is 0 Å². The lowest BCUT2D eigenvalue weighted by Gasteiger charge is -2.24. The van der Waals surface area contributed by atoms with Crippen molar-refractivity contribution in [2.75, 3.05) is 19.8 Å². The van der Waals surface area contributed by atoms with E-state index in [-0.39, 0.29) is 24.9 Å². The lowest BCUT2D eigenvalue weighted by Crippen LogP contribution is -2.32. The highest BCUT2D eigenvalue weighted by Crippen LogP contribution is 2.33. The van der Waals surface area contributed by atoms with Gasteiger partial charge in [0.1, 0.15) is 12.2 Å². The van der Waals surface area contributed by atoms with E-state index in [0.717, 1.165) is 12.0 Å². The minimum absolute atomic E-state index is 0.0830. The maximum absolute atomic E-state index is 10.6. The summed E-state index contributed by atoms with van der Waals surface area (Å²) in [5, 5.41) is 23.1. The van der Waals surface area contributed by atoms with E-state index in [0.29, 0.717) is 18.0 Å². The van der Waals surface area contributed by atoms with Crippen LogP contribution in [0, 0.1) is 0 Å². The Morgan fingerprint density at radius 1 is 1.04 bits per heavy atom. The molecule has 0 saturated carbocycles. The number of nitrogens with one attached hydrogen (secondary N) is 1. The van der Waals surface area contributed by atoms with E-state index >= 15 is 0 Å². The van der Waals surface area contributed by atoms with Gasteiger partial charge in [-0.2, -0.15) is 0 Å². The van der Waals surface area contributed by atoms with E-state index in [9.17, 15) is 5.11 Å². The molecule has 0 aliphatic carbocycles. The fourth-order valence-corrected chi connectivity index (χ4v) is 2.88. The largest absolute Gasteiger partial charge is 0.487 e. The molecule has 0 aliphatic rings.